The Labute approximate surface area is 481 Å². The van der Waals surface area contributed by atoms with Crippen molar-refractivity contribution in [3.05, 3.63) is 24.3 Å². The first-order chi connectivity index (χ1) is 38.0. The Bertz CT molecular complexity index is 1200. The summed E-state index contributed by atoms with van der Waals surface area (Å²) in [4.78, 5) is 24.6. The molecular weight excluding hydrogens is 947 g/mol. The van der Waals surface area contributed by atoms with E-state index >= 15 is 0 Å². The SMILES string of the molecule is CCCCCCCC/C=C\CCCCCCCCCCCC(=O)OCCCCCCCCCCCCCCCCCCCCC(=O)NC(CO)C(O)/C=C/CCCCCCCCCCCCCCCCCCCCCCC. The van der Waals surface area contributed by atoms with Crippen LogP contribution in [-0.2, 0) is 14.3 Å². The molecule has 456 valence electrons. The summed E-state index contributed by atoms with van der Waals surface area (Å²) in [5.41, 5.74) is 0. The Hall–Kier alpha value is -1.66. The second kappa shape index (κ2) is 66.8. The summed E-state index contributed by atoms with van der Waals surface area (Å²) in [6.45, 7) is 4.93. The highest BCUT2D eigenvalue weighted by atomic mass is 16.5. The first-order valence-corrected chi connectivity index (χ1v) is 35.1. The number of nitrogens with one attached hydrogen (secondary N) is 1. The Morgan fingerprint density at radius 3 is 0.922 bits per heavy atom. The molecule has 0 fully saturated rings. The van der Waals surface area contributed by atoms with Gasteiger partial charge in [-0.25, -0.2) is 0 Å². The zero-order chi connectivity index (χ0) is 55.7. The normalized spacial score (nSPS) is 12.6. The lowest BCUT2D eigenvalue weighted by Gasteiger charge is -2.20. The third-order valence-electron chi connectivity index (χ3n) is 16.5. The van der Waals surface area contributed by atoms with E-state index in [1.165, 1.54) is 321 Å². The van der Waals surface area contributed by atoms with Gasteiger partial charge in [0.1, 0.15) is 0 Å². The molecule has 0 aliphatic heterocycles. The van der Waals surface area contributed by atoms with Crippen LogP contribution in [0.1, 0.15) is 393 Å². The number of unbranched alkanes of at least 4 members (excludes halogenated alkanes) is 53. The number of carbonyl (C=O) groups excluding carboxylic acids is 2. The second-order valence-electron chi connectivity index (χ2n) is 24.2. The lowest BCUT2D eigenvalue weighted by atomic mass is 10.0. The molecule has 0 saturated carbocycles. The standard InChI is InChI=1S/C71H137NO5/c1-3-5-7-9-11-13-15-17-19-21-23-24-25-26-28-31-35-39-43-47-51-55-59-63-69(74)68(67-73)72-70(75)64-60-56-52-48-44-40-36-32-29-30-34-38-42-46-50-54-58-62-66-77-71(76)65-61-57-53-49-45-41-37-33-27-22-20-18-16-14-12-10-8-6-4-2/h18,20,59,63,68-69,73-74H,3-17,19,21-58,60-62,64-67H2,1-2H3,(H,72,75)/b20-18-,63-59+. The molecular formula is C71H137NO5. The van der Waals surface area contributed by atoms with Crippen LogP contribution in [0.15, 0.2) is 24.3 Å². The van der Waals surface area contributed by atoms with Crippen molar-refractivity contribution in [1.29, 1.82) is 0 Å². The number of carbonyl (C=O) groups is 2. The van der Waals surface area contributed by atoms with Crippen LogP contribution in [0, 0.1) is 0 Å². The summed E-state index contributed by atoms with van der Waals surface area (Å²) in [5.74, 6) is -0.0605. The number of amides is 1. The van der Waals surface area contributed by atoms with Gasteiger partial charge >= 0.3 is 5.97 Å². The van der Waals surface area contributed by atoms with Crippen LogP contribution in [0.3, 0.4) is 0 Å². The summed E-state index contributed by atoms with van der Waals surface area (Å²) in [6, 6.07) is -0.632. The molecule has 6 heteroatoms. The fraction of sp³-hybridized carbons (Fsp3) is 0.915. The van der Waals surface area contributed by atoms with Gasteiger partial charge < -0.3 is 20.3 Å². The van der Waals surface area contributed by atoms with Crippen LogP contribution in [0.2, 0.25) is 0 Å². The van der Waals surface area contributed by atoms with E-state index < -0.39 is 12.1 Å². The highest BCUT2D eigenvalue weighted by molar-refractivity contribution is 5.76. The highest BCUT2D eigenvalue weighted by Crippen LogP contribution is 2.19. The molecule has 3 N–H and O–H groups in total. The number of hydrogen-bond donors (Lipinski definition) is 3. The maximum absolute atomic E-state index is 12.5. The summed E-state index contributed by atoms with van der Waals surface area (Å²) >= 11 is 0. The maximum atomic E-state index is 12.5. The predicted octanol–water partition coefficient (Wildman–Crippen LogP) is 22.5. The number of hydrogen-bond acceptors (Lipinski definition) is 5. The van der Waals surface area contributed by atoms with Gasteiger partial charge in [0, 0.05) is 12.8 Å². The number of aliphatic hydroxyl groups is 2. The van der Waals surface area contributed by atoms with E-state index in [4.69, 9.17) is 4.74 Å². The monoisotopic (exact) mass is 1080 g/mol. The van der Waals surface area contributed by atoms with Crippen molar-refractivity contribution >= 4 is 11.9 Å². The van der Waals surface area contributed by atoms with Gasteiger partial charge in [-0.2, -0.15) is 0 Å². The third kappa shape index (κ3) is 63.4. The minimum Gasteiger partial charge on any atom is -0.466 e. The number of rotatable bonds is 66. The van der Waals surface area contributed by atoms with Gasteiger partial charge in [-0.15, -0.1) is 0 Å². The van der Waals surface area contributed by atoms with Crippen molar-refractivity contribution in [2.75, 3.05) is 13.2 Å². The van der Waals surface area contributed by atoms with Crippen molar-refractivity contribution in [3.8, 4) is 0 Å². The van der Waals surface area contributed by atoms with Gasteiger partial charge in [-0.1, -0.05) is 346 Å². The van der Waals surface area contributed by atoms with Gasteiger partial charge in [-0.3, -0.25) is 9.59 Å². The number of allylic oxidation sites excluding steroid dienone is 3. The minimum atomic E-state index is -0.849. The molecule has 0 heterocycles. The molecule has 0 aromatic heterocycles. The summed E-state index contributed by atoms with van der Waals surface area (Å²) in [6.07, 6.45) is 83.8. The van der Waals surface area contributed by atoms with E-state index in [0.717, 1.165) is 44.9 Å². The zero-order valence-corrected chi connectivity index (χ0v) is 52.2. The predicted molar refractivity (Wildman–Crippen MR) is 338 cm³/mol. The zero-order valence-electron chi connectivity index (χ0n) is 52.2. The molecule has 6 nitrogen and oxygen atoms in total. The average molecular weight is 1080 g/mol. The van der Waals surface area contributed by atoms with Crippen molar-refractivity contribution in [3.63, 3.8) is 0 Å². The van der Waals surface area contributed by atoms with Crippen LogP contribution in [0.25, 0.3) is 0 Å². The fourth-order valence-electron chi connectivity index (χ4n) is 11.1. The van der Waals surface area contributed by atoms with Gasteiger partial charge in [-0.05, 0) is 57.8 Å². The number of aliphatic hydroxyl groups excluding tert-OH is 2. The van der Waals surface area contributed by atoms with Crippen LogP contribution in [0.4, 0.5) is 0 Å². The lowest BCUT2D eigenvalue weighted by molar-refractivity contribution is -0.143. The topological polar surface area (TPSA) is 95.9 Å². The molecule has 2 unspecified atom stereocenters. The summed E-state index contributed by atoms with van der Waals surface area (Å²) in [5, 5.41) is 23.3. The molecule has 2 atom stereocenters. The van der Waals surface area contributed by atoms with Gasteiger partial charge in [0.2, 0.25) is 5.91 Å². The number of ether oxygens (including phenoxy) is 1. The molecule has 0 radical (unpaired) electrons. The maximum Gasteiger partial charge on any atom is 0.305 e. The first-order valence-electron chi connectivity index (χ1n) is 35.1. The molecule has 0 rings (SSSR count). The molecule has 0 saturated heterocycles. The summed E-state index contributed by atoms with van der Waals surface area (Å²) in [7, 11) is 0. The van der Waals surface area contributed by atoms with Gasteiger partial charge in [0.05, 0.1) is 25.4 Å². The first kappa shape index (κ1) is 75.3. The van der Waals surface area contributed by atoms with Crippen molar-refractivity contribution in [2.45, 2.75) is 405 Å². The van der Waals surface area contributed by atoms with Crippen molar-refractivity contribution in [2.24, 2.45) is 0 Å². The molecule has 0 aromatic rings. The molecule has 0 aliphatic rings. The second-order valence-corrected chi connectivity index (χ2v) is 24.2. The smallest absolute Gasteiger partial charge is 0.305 e. The average Bonchev–Trinajstić information content (AvgIpc) is 3.43. The third-order valence-corrected chi connectivity index (χ3v) is 16.5. The van der Waals surface area contributed by atoms with E-state index in [0.29, 0.717) is 19.4 Å². The fourth-order valence-corrected chi connectivity index (χ4v) is 11.1. The number of esters is 1. The van der Waals surface area contributed by atoms with E-state index in [9.17, 15) is 19.8 Å². The highest BCUT2D eigenvalue weighted by Gasteiger charge is 2.18. The molecule has 0 bridgehead atoms. The minimum absolute atomic E-state index is 0.00717. The van der Waals surface area contributed by atoms with E-state index in [1.807, 2.05) is 6.08 Å². The molecule has 0 aromatic carbocycles. The molecule has 1 amide bonds. The quantitative estimate of drug-likeness (QED) is 0.0320. The van der Waals surface area contributed by atoms with E-state index in [2.05, 4.69) is 31.3 Å². The Kier molecular flexibility index (Phi) is 65.4. The Morgan fingerprint density at radius 1 is 0.351 bits per heavy atom. The van der Waals surface area contributed by atoms with Crippen LogP contribution in [-0.4, -0.2) is 47.4 Å². The van der Waals surface area contributed by atoms with Crippen molar-refractivity contribution < 1.29 is 24.5 Å². The van der Waals surface area contributed by atoms with Crippen LogP contribution >= 0.6 is 0 Å². The lowest BCUT2D eigenvalue weighted by Crippen LogP contribution is -2.45. The molecule has 0 spiro atoms. The Balaban J connectivity index is 3.42. The summed E-state index contributed by atoms with van der Waals surface area (Å²) < 4.78 is 5.50. The van der Waals surface area contributed by atoms with Crippen LogP contribution in [0.5, 0.6) is 0 Å². The van der Waals surface area contributed by atoms with E-state index in [-0.39, 0.29) is 18.5 Å². The van der Waals surface area contributed by atoms with Crippen LogP contribution < -0.4 is 5.32 Å². The van der Waals surface area contributed by atoms with E-state index in [1.54, 1.807) is 6.08 Å². The largest absolute Gasteiger partial charge is 0.466 e. The molecule has 0 aliphatic carbocycles. The van der Waals surface area contributed by atoms with Gasteiger partial charge in [0.15, 0.2) is 0 Å². The van der Waals surface area contributed by atoms with Gasteiger partial charge in [0.25, 0.3) is 0 Å². The molecule has 77 heavy (non-hydrogen) atoms. The van der Waals surface area contributed by atoms with Crippen molar-refractivity contribution in [1.82, 2.24) is 5.32 Å². The Morgan fingerprint density at radius 2 is 0.610 bits per heavy atom.